The van der Waals surface area contributed by atoms with Crippen LogP contribution < -0.4 is 5.73 Å². The molecule has 0 fully saturated rings. The van der Waals surface area contributed by atoms with Crippen LogP contribution in [-0.2, 0) is 6.42 Å². The van der Waals surface area contributed by atoms with E-state index in [0.717, 1.165) is 17.3 Å². The van der Waals surface area contributed by atoms with Crippen molar-refractivity contribution in [2.24, 2.45) is 0 Å². The molecule has 0 bridgehead atoms. The lowest BCUT2D eigenvalue weighted by Crippen LogP contribution is -2.01. The molecule has 4 nitrogen and oxygen atoms in total. The molecule has 1 aromatic heterocycles. The molecule has 0 saturated carbocycles. The van der Waals surface area contributed by atoms with Crippen LogP contribution in [0.1, 0.15) is 27.9 Å². The van der Waals surface area contributed by atoms with E-state index in [2.05, 4.69) is 35.3 Å². The highest BCUT2D eigenvalue weighted by molar-refractivity contribution is 6.01. The van der Waals surface area contributed by atoms with Gasteiger partial charge in [-0.25, -0.2) is 0 Å². The third-order valence-corrected chi connectivity index (χ3v) is 3.64. The van der Waals surface area contributed by atoms with Gasteiger partial charge in [0, 0.05) is 17.4 Å². The summed E-state index contributed by atoms with van der Waals surface area (Å²) in [6.45, 7) is 2.06. The third kappa shape index (κ3) is 2.79. The molecule has 3 aromatic rings. The van der Waals surface area contributed by atoms with E-state index >= 15 is 0 Å². The molecule has 21 heavy (non-hydrogen) atoms. The Morgan fingerprint density at radius 1 is 1.24 bits per heavy atom. The van der Waals surface area contributed by atoms with E-state index in [1.165, 1.54) is 11.1 Å². The van der Waals surface area contributed by atoms with E-state index in [1.54, 1.807) is 0 Å². The molecule has 0 radical (unpaired) electrons. The molecule has 0 unspecified atom stereocenters. The number of Topliss-reactive ketones (excluding diaryl/α,β-unsaturated/α-hetero) is 1. The smallest absolute Gasteiger partial charge is 0.163 e. The Morgan fingerprint density at radius 3 is 2.90 bits per heavy atom. The number of aryl methyl sites for hydroxylation is 2. The number of rotatable bonds is 4. The van der Waals surface area contributed by atoms with Gasteiger partial charge in [-0.2, -0.15) is 5.10 Å². The van der Waals surface area contributed by atoms with Gasteiger partial charge in [-0.05, 0) is 37.1 Å². The number of hydrogen-bond donors (Lipinski definition) is 2. The maximum absolute atomic E-state index is 12.3. The van der Waals surface area contributed by atoms with Crippen molar-refractivity contribution < 1.29 is 4.79 Å². The number of hydrogen-bond acceptors (Lipinski definition) is 3. The second-order valence-corrected chi connectivity index (χ2v) is 5.28. The van der Waals surface area contributed by atoms with Crippen LogP contribution in [0.4, 0.5) is 5.82 Å². The lowest BCUT2D eigenvalue weighted by molar-refractivity contribution is 0.0983. The number of nitrogens with two attached hydrogens (primary N) is 1. The molecule has 0 saturated heterocycles. The molecule has 0 aliphatic heterocycles. The van der Waals surface area contributed by atoms with Crippen molar-refractivity contribution in [3.05, 3.63) is 59.2 Å². The van der Waals surface area contributed by atoms with Gasteiger partial charge in [0.05, 0.1) is 5.52 Å². The normalized spacial score (nSPS) is 10.9. The zero-order chi connectivity index (χ0) is 14.8. The minimum atomic E-state index is 0.124. The highest BCUT2D eigenvalue weighted by Crippen LogP contribution is 2.20. The fourth-order valence-electron chi connectivity index (χ4n) is 2.48. The van der Waals surface area contributed by atoms with Gasteiger partial charge in [0.1, 0.15) is 0 Å². The average Bonchev–Trinajstić information content (AvgIpc) is 2.86. The van der Waals surface area contributed by atoms with Gasteiger partial charge in [-0.15, -0.1) is 0 Å². The van der Waals surface area contributed by atoms with Crippen molar-refractivity contribution in [2.45, 2.75) is 19.8 Å². The van der Waals surface area contributed by atoms with Crippen LogP contribution >= 0.6 is 0 Å². The molecule has 0 amide bonds. The Labute approximate surface area is 123 Å². The zero-order valence-electron chi connectivity index (χ0n) is 11.9. The predicted octanol–water partition coefficient (Wildman–Crippen LogP) is 3.27. The minimum Gasteiger partial charge on any atom is -0.382 e. The lowest BCUT2D eigenvalue weighted by Gasteiger charge is -2.03. The van der Waals surface area contributed by atoms with Gasteiger partial charge in [-0.3, -0.25) is 9.89 Å². The molecule has 0 atom stereocenters. The van der Waals surface area contributed by atoms with Crippen molar-refractivity contribution >= 4 is 22.5 Å². The summed E-state index contributed by atoms with van der Waals surface area (Å²) >= 11 is 0. The average molecular weight is 279 g/mol. The molecule has 3 N–H and O–H groups in total. The first-order valence-corrected chi connectivity index (χ1v) is 6.96. The van der Waals surface area contributed by atoms with Gasteiger partial charge in [0.15, 0.2) is 11.6 Å². The molecule has 4 heteroatoms. The maximum Gasteiger partial charge on any atom is 0.163 e. The van der Waals surface area contributed by atoms with E-state index in [1.807, 2.05) is 24.3 Å². The molecule has 3 rings (SSSR count). The molecule has 1 heterocycles. The number of aromatic amines is 1. The summed E-state index contributed by atoms with van der Waals surface area (Å²) in [5.74, 6) is 0.553. The molecule has 2 aromatic carbocycles. The fourth-order valence-corrected chi connectivity index (χ4v) is 2.48. The SMILES string of the molecule is Cc1cccc(CCC(=O)c2ccc3[nH]nc(N)c3c2)c1. The standard InChI is InChI=1S/C17H17N3O/c1-11-3-2-4-12(9-11)5-8-16(21)13-6-7-15-14(10-13)17(18)20-19-15/h2-4,6-7,9-10H,5,8H2,1H3,(H3,18,19,20). The Kier molecular flexibility index (Phi) is 3.44. The van der Waals surface area contributed by atoms with Crippen molar-refractivity contribution in [3.63, 3.8) is 0 Å². The Bertz CT molecular complexity index is 805. The van der Waals surface area contributed by atoms with Crippen LogP contribution in [-0.4, -0.2) is 16.0 Å². The number of aromatic nitrogens is 2. The number of benzene rings is 2. The highest BCUT2D eigenvalue weighted by Gasteiger charge is 2.09. The summed E-state index contributed by atoms with van der Waals surface area (Å²) in [5, 5.41) is 7.57. The summed E-state index contributed by atoms with van der Waals surface area (Å²) in [6, 6.07) is 13.7. The number of fused-ring (bicyclic) bond motifs is 1. The summed E-state index contributed by atoms with van der Waals surface area (Å²) in [4.78, 5) is 12.3. The number of carbonyl (C=O) groups excluding carboxylic acids is 1. The molecular weight excluding hydrogens is 262 g/mol. The molecule has 106 valence electrons. The van der Waals surface area contributed by atoms with Crippen LogP contribution in [0.3, 0.4) is 0 Å². The second kappa shape index (κ2) is 5.40. The Balaban J connectivity index is 1.76. The predicted molar refractivity (Wildman–Crippen MR) is 84.3 cm³/mol. The van der Waals surface area contributed by atoms with Crippen LogP contribution in [0.2, 0.25) is 0 Å². The molecule has 0 aliphatic rings. The van der Waals surface area contributed by atoms with E-state index < -0.39 is 0 Å². The zero-order valence-corrected chi connectivity index (χ0v) is 11.9. The largest absolute Gasteiger partial charge is 0.382 e. The third-order valence-electron chi connectivity index (χ3n) is 3.64. The summed E-state index contributed by atoms with van der Waals surface area (Å²) in [5.41, 5.74) is 9.71. The van der Waals surface area contributed by atoms with Crippen LogP contribution in [0, 0.1) is 6.92 Å². The minimum absolute atomic E-state index is 0.124. The van der Waals surface area contributed by atoms with Crippen molar-refractivity contribution in [1.82, 2.24) is 10.2 Å². The van der Waals surface area contributed by atoms with Gasteiger partial charge >= 0.3 is 0 Å². The van der Waals surface area contributed by atoms with Crippen LogP contribution in [0.15, 0.2) is 42.5 Å². The highest BCUT2D eigenvalue weighted by atomic mass is 16.1. The van der Waals surface area contributed by atoms with Crippen molar-refractivity contribution in [2.75, 3.05) is 5.73 Å². The van der Waals surface area contributed by atoms with E-state index in [9.17, 15) is 4.79 Å². The summed E-state index contributed by atoms with van der Waals surface area (Å²) in [6.07, 6.45) is 1.24. The monoisotopic (exact) mass is 279 g/mol. The topological polar surface area (TPSA) is 71.8 Å². The number of nitrogens with zero attached hydrogens (tertiary/aromatic N) is 1. The summed E-state index contributed by atoms with van der Waals surface area (Å²) in [7, 11) is 0. The molecule has 0 spiro atoms. The Morgan fingerprint density at radius 2 is 2.10 bits per heavy atom. The first kappa shape index (κ1) is 13.4. The quantitative estimate of drug-likeness (QED) is 0.720. The van der Waals surface area contributed by atoms with Crippen molar-refractivity contribution in [1.29, 1.82) is 0 Å². The van der Waals surface area contributed by atoms with Crippen molar-refractivity contribution in [3.8, 4) is 0 Å². The number of nitrogens with one attached hydrogen (secondary N) is 1. The number of carbonyl (C=O) groups is 1. The molecular formula is C17H17N3O. The van der Waals surface area contributed by atoms with Gasteiger partial charge in [0.2, 0.25) is 0 Å². The first-order chi connectivity index (χ1) is 10.1. The number of anilines is 1. The molecule has 0 aliphatic carbocycles. The van der Waals surface area contributed by atoms with E-state index in [4.69, 9.17) is 5.73 Å². The number of nitrogen functional groups attached to an aromatic ring is 1. The van der Waals surface area contributed by atoms with Gasteiger partial charge < -0.3 is 5.73 Å². The van der Waals surface area contributed by atoms with Gasteiger partial charge in [-0.1, -0.05) is 29.8 Å². The number of H-pyrrole nitrogens is 1. The summed E-state index contributed by atoms with van der Waals surface area (Å²) < 4.78 is 0. The second-order valence-electron chi connectivity index (χ2n) is 5.28. The maximum atomic E-state index is 12.3. The first-order valence-electron chi connectivity index (χ1n) is 6.96. The van der Waals surface area contributed by atoms with E-state index in [-0.39, 0.29) is 5.78 Å². The lowest BCUT2D eigenvalue weighted by atomic mass is 10.0. The Hall–Kier alpha value is -2.62. The van der Waals surface area contributed by atoms with Crippen LogP contribution in [0.5, 0.6) is 0 Å². The number of ketones is 1. The van der Waals surface area contributed by atoms with Crippen LogP contribution in [0.25, 0.3) is 10.9 Å². The fraction of sp³-hybridized carbons (Fsp3) is 0.176. The van der Waals surface area contributed by atoms with Gasteiger partial charge in [0.25, 0.3) is 0 Å². The van der Waals surface area contributed by atoms with E-state index in [0.29, 0.717) is 17.8 Å².